The SMILES string of the molecule is CC(Oc1nc(N)nc2[nH]cc(-c3ccccc3)c12)N1CCCC1. The zero-order valence-corrected chi connectivity index (χ0v) is 13.7. The fourth-order valence-corrected chi connectivity index (χ4v) is 3.29. The molecule has 1 saturated heterocycles. The molecule has 2 aromatic heterocycles. The Kier molecular flexibility index (Phi) is 3.82. The standard InChI is InChI=1S/C18H21N5O/c1-12(23-9-5-6-10-23)24-17-15-14(13-7-3-2-4-8-13)11-20-16(15)21-18(19)22-17/h2-4,7-8,11-12H,5-6,9-10H2,1H3,(H3,19,20,21,22). The number of benzene rings is 1. The summed E-state index contributed by atoms with van der Waals surface area (Å²) in [6, 6.07) is 10.2. The maximum Gasteiger partial charge on any atom is 0.230 e. The van der Waals surface area contributed by atoms with Crippen molar-refractivity contribution >= 4 is 17.0 Å². The molecule has 0 amide bonds. The van der Waals surface area contributed by atoms with E-state index in [1.807, 2.05) is 24.4 Å². The number of anilines is 1. The lowest BCUT2D eigenvalue weighted by atomic mass is 10.1. The van der Waals surface area contributed by atoms with Crippen LogP contribution in [0.25, 0.3) is 22.2 Å². The number of rotatable bonds is 4. The van der Waals surface area contributed by atoms with Gasteiger partial charge in [-0.25, -0.2) is 0 Å². The van der Waals surface area contributed by atoms with E-state index in [1.165, 1.54) is 12.8 Å². The Hall–Kier alpha value is -2.60. The average Bonchev–Trinajstić information content (AvgIpc) is 3.25. The first kappa shape index (κ1) is 15.0. The van der Waals surface area contributed by atoms with Crippen LogP contribution in [0, 0.1) is 0 Å². The van der Waals surface area contributed by atoms with Crippen LogP contribution in [0.1, 0.15) is 19.8 Å². The number of ether oxygens (including phenoxy) is 1. The van der Waals surface area contributed by atoms with Gasteiger partial charge in [0, 0.05) is 24.8 Å². The van der Waals surface area contributed by atoms with Crippen LogP contribution < -0.4 is 10.5 Å². The summed E-state index contributed by atoms with van der Waals surface area (Å²) in [6.45, 7) is 4.18. The number of nitrogens with one attached hydrogen (secondary N) is 1. The third kappa shape index (κ3) is 2.69. The number of hydrogen-bond acceptors (Lipinski definition) is 5. The molecule has 1 aliphatic rings. The third-order valence-electron chi connectivity index (χ3n) is 4.54. The van der Waals surface area contributed by atoms with E-state index in [4.69, 9.17) is 10.5 Å². The predicted molar refractivity (Wildman–Crippen MR) is 94.6 cm³/mol. The molecule has 3 N–H and O–H groups in total. The van der Waals surface area contributed by atoms with Crippen molar-refractivity contribution in [1.29, 1.82) is 0 Å². The molecule has 124 valence electrons. The lowest BCUT2D eigenvalue weighted by Gasteiger charge is -2.24. The van der Waals surface area contributed by atoms with Crippen LogP contribution in [0.2, 0.25) is 0 Å². The lowest BCUT2D eigenvalue weighted by molar-refractivity contribution is 0.0567. The number of likely N-dealkylation sites (tertiary alicyclic amines) is 1. The van der Waals surface area contributed by atoms with E-state index < -0.39 is 0 Å². The molecule has 6 nitrogen and oxygen atoms in total. The summed E-state index contributed by atoms with van der Waals surface area (Å²) in [5.41, 5.74) is 8.68. The van der Waals surface area contributed by atoms with Crippen LogP contribution in [0.3, 0.4) is 0 Å². The zero-order chi connectivity index (χ0) is 16.5. The molecular formula is C18H21N5O. The Morgan fingerprint density at radius 2 is 1.92 bits per heavy atom. The Bertz CT molecular complexity index is 839. The highest BCUT2D eigenvalue weighted by atomic mass is 16.5. The van der Waals surface area contributed by atoms with Crippen molar-refractivity contribution in [1.82, 2.24) is 19.9 Å². The molecule has 0 aliphatic carbocycles. The summed E-state index contributed by atoms with van der Waals surface area (Å²) in [5.74, 6) is 0.754. The van der Waals surface area contributed by atoms with Gasteiger partial charge in [0.1, 0.15) is 5.65 Å². The number of H-pyrrole nitrogens is 1. The predicted octanol–water partition coefficient (Wildman–Crippen LogP) is 3.03. The second kappa shape index (κ2) is 6.13. The molecular weight excluding hydrogens is 302 g/mol. The minimum absolute atomic E-state index is 0.0384. The van der Waals surface area contributed by atoms with Crippen LogP contribution in [-0.2, 0) is 0 Å². The monoisotopic (exact) mass is 323 g/mol. The van der Waals surface area contributed by atoms with Gasteiger partial charge in [0.2, 0.25) is 11.8 Å². The molecule has 1 unspecified atom stereocenters. The van der Waals surface area contributed by atoms with Gasteiger partial charge in [-0.3, -0.25) is 4.90 Å². The van der Waals surface area contributed by atoms with Gasteiger partial charge in [-0.1, -0.05) is 30.3 Å². The number of hydrogen-bond donors (Lipinski definition) is 2. The summed E-state index contributed by atoms with van der Waals surface area (Å²) in [4.78, 5) is 14.2. The maximum atomic E-state index is 6.19. The molecule has 3 heterocycles. The quantitative estimate of drug-likeness (QED) is 0.771. The molecule has 6 heteroatoms. The molecule has 0 radical (unpaired) electrons. The second-order valence-electron chi connectivity index (χ2n) is 6.14. The number of nitrogen functional groups attached to an aromatic ring is 1. The van der Waals surface area contributed by atoms with Gasteiger partial charge in [-0.15, -0.1) is 0 Å². The summed E-state index contributed by atoms with van der Waals surface area (Å²) in [7, 11) is 0. The summed E-state index contributed by atoms with van der Waals surface area (Å²) >= 11 is 0. The van der Waals surface area contributed by atoms with Gasteiger partial charge in [0.05, 0.1) is 5.39 Å². The second-order valence-corrected chi connectivity index (χ2v) is 6.14. The number of nitrogens with two attached hydrogens (primary N) is 1. The van der Waals surface area contributed by atoms with Gasteiger partial charge >= 0.3 is 0 Å². The fraction of sp³-hybridized carbons (Fsp3) is 0.333. The van der Waals surface area contributed by atoms with E-state index in [9.17, 15) is 0 Å². The number of fused-ring (bicyclic) bond motifs is 1. The fourth-order valence-electron chi connectivity index (χ4n) is 3.29. The van der Waals surface area contributed by atoms with Crippen molar-refractivity contribution < 1.29 is 4.74 Å². The molecule has 1 fully saturated rings. The van der Waals surface area contributed by atoms with Gasteiger partial charge < -0.3 is 15.5 Å². The first-order chi connectivity index (χ1) is 11.7. The minimum Gasteiger partial charge on any atom is -0.458 e. The third-order valence-corrected chi connectivity index (χ3v) is 4.54. The van der Waals surface area contributed by atoms with E-state index in [0.29, 0.717) is 11.5 Å². The van der Waals surface area contributed by atoms with Crippen molar-refractivity contribution in [2.24, 2.45) is 0 Å². The normalized spacial score (nSPS) is 16.5. The van der Waals surface area contributed by atoms with Crippen LogP contribution in [0.5, 0.6) is 5.88 Å². The van der Waals surface area contributed by atoms with E-state index in [1.54, 1.807) is 0 Å². The Morgan fingerprint density at radius 1 is 1.17 bits per heavy atom. The minimum atomic E-state index is -0.0384. The maximum absolute atomic E-state index is 6.19. The highest BCUT2D eigenvalue weighted by Crippen LogP contribution is 2.34. The molecule has 1 aliphatic heterocycles. The van der Waals surface area contributed by atoms with Crippen molar-refractivity contribution in [3.63, 3.8) is 0 Å². The highest BCUT2D eigenvalue weighted by molar-refractivity contribution is 5.97. The molecule has 3 aromatic rings. The van der Waals surface area contributed by atoms with Crippen LogP contribution in [-0.4, -0.2) is 39.2 Å². The zero-order valence-electron chi connectivity index (χ0n) is 13.7. The first-order valence-electron chi connectivity index (χ1n) is 8.33. The van der Waals surface area contributed by atoms with E-state index in [0.717, 1.165) is 29.6 Å². The van der Waals surface area contributed by atoms with Crippen molar-refractivity contribution in [3.05, 3.63) is 36.5 Å². The molecule has 0 spiro atoms. The molecule has 24 heavy (non-hydrogen) atoms. The van der Waals surface area contributed by atoms with Crippen molar-refractivity contribution in [2.75, 3.05) is 18.8 Å². The molecule has 1 atom stereocenters. The van der Waals surface area contributed by atoms with Gasteiger partial charge in [0.25, 0.3) is 0 Å². The Balaban J connectivity index is 1.77. The Morgan fingerprint density at radius 3 is 2.67 bits per heavy atom. The number of nitrogens with zero attached hydrogens (tertiary/aromatic N) is 3. The van der Waals surface area contributed by atoms with Gasteiger partial charge in [-0.2, -0.15) is 9.97 Å². The smallest absolute Gasteiger partial charge is 0.230 e. The Labute approximate surface area is 140 Å². The van der Waals surface area contributed by atoms with E-state index in [-0.39, 0.29) is 12.2 Å². The topological polar surface area (TPSA) is 80.1 Å². The van der Waals surface area contributed by atoms with Crippen LogP contribution >= 0.6 is 0 Å². The van der Waals surface area contributed by atoms with Crippen molar-refractivity contribution in [3.8, 4) is 17.0 Å². The van der Waals surface area contributed by atoms with Crippen LogP contribution in [0.15, 0.2) is 36.5 Å². The average molecular weight is 323 g/mol. The van der Waals surface area contributed by atoms with Gasteiger partial charge in [0.15, 0.2) is 6.23 Å². The molecule has 1 aromatic carbocycles. The van der Waals surface area contributed by atoms with E-state index in [2.05, 4.69) is 38.9 Å². The first-order valence-corrected chi connectivity index (χ1v) is 8.33. The summed E-state index contributed by atoms with van der Waals surface area (Å²) in [5, 5.41) is 0.876. The summed E-state index contributed by atoms with van der Waals surface area (Å²) < 4.78 is 6.19. The number of aromatic nitrogens is 3. The largest absolute Gasteiger partial charge is 0.458 e. The summed E-state index contributed by atoms with van der Waals surface area (Å²) in [6.07, 6.45) is 4.33. The van der Waals surface area contributed by atoms with Crippen molar-refractivity contribution in [2.45, 2.75) is 26.0 Å². The van der Waals surface area contributed by atoms with E-state index >= 15 is 0 Å². The lowest BCUT2D eigenvalue weighted by Crippen LogP contribution is -2.35. The number of aromatic amines is 1. The van der Waals surface area contributed by atoms with Crippen LogP contribution in [0.4, 0.5) is 5.95 Å². The molecule has 0 bridgehead atoms. The highest BCUT2D eigenvalue weighted by Gasteiger charge is 2.22. The van der Waals surface area contributed by atoms with Gasteiger partial charge in [-0.05, 0) is 25.3 Å². The molecule has 0 saturated carbocycles. The molecule has 4 rings (SSSR count).